The number of halogens is 2. The summed E-state index contributed by atoms with van der Waals surface area (Å²) in [6.07, 6.45) is 1.09. The van der Waals surface area contributed by atoms with Crippen molar-refractivity contribution in [3.63, 3.8) is 0 Å². The minimum atomic E-state index is -3.71. The Kier molecular flexibility index (Phi) is 5.03. The Hall–Kier alpha value is -1.79. The van der Waals surface area contributed by atoms with Gasteiger partial charge < -0.3 is 8.94 Å². The van der Waals surface area contributed by atoms with Crippen LogP contribution in [-0.4, -0.2) is 36.0 Å². The first kappa shape index (κ1) is 18.6. The summed E-state index contributed by atoms with van der Waals surface area (Å²) in [5, 5.41) is 3.94. The molecule has 10 heteroatoms. The Balaban J connectivity index is 1.45. The van der Waals surface area contributed by atoms with Crippen LogP contribution in [0.2, 0.25) is 0 Å². The van der Waals surface area contributed by atoms with Crippen LogP contribution in [0.25, 0.3) is 11.6 Å². The zero-order chi connectivity index (χ0) is 19.0. The summed E-state index contributed by atoms with van der Waals surface area (Å²) >= 11 is 2.06. The Morgan fingerprint density at radius 2 is 1.96 bits per heavy atom. The van der Waals surface area contributed by atoms with Gasteiger partial charge in [0.1, 0.15) is 5.82 Å². The Labute approximate surface area is 168 Å². The van der Waals surface area contributed by atoms with E-state index < -0.39 is 15.8 Å². The van der Waals surface area contributed by atoms with E-state index in [0.717, 1.165) is 9.83 Å². The SMILES string of the molecule is O=S(=O)(c1cccc(F)c1)N1CCC(c2nc(-c3ccc(I)o3)no2)CC1. The van der Waals surface area contributed by atoms with Crippen LogP contribution in [0.4, 0.5) is 4.39 Å². The molecule has 1 aromatic carbocycles. The zero-order valence-corrected chi connectivity index (χ0v) is 17.0. The second kappa shape index (κ2) is 7.32. The second-order valence-electron chi connectivity index (χ2n) is 6.20. The van der Waals surface area contributed by atoms with Gasteiger partial charge in [0.05, 0.1) is 4.90 Å². The molecule has 0 radical (unpaired) electrons. The summed E-state index contributed by atoms with van der Waals surface area (Å²) in [6, 6.07) is 8.63. The molecule has 1 aliphatic rings. The third-order valence-corrected chi connectivity index (χ3v) is 6.95. The van der Waals surface area contributed by atoms with Crippen molar-refractivity contribution in [1.29, 1.82) is 0 Å². The van der Waals surface area contributed by atoms with E-state index in [1.54, 1.807) is 6.07 Å². The van der Waals surface area contributed by atoms with Crippen LogP contribution in [0.15, 0.2) is 50.2 Å². The first-order valence-corrected chi connectivity index (χ1v) is 10.8. The minimum Gasteiger partial charge on any atom is -0.447 e. The Bertz CT molecular complexity index is 1060. The molecule has 4 rings (SSSR count). The quantitative estimate of drug-likeness (QED) is 0.506. The molecular formula is C17H15FIN3O4S. The van der Waals surface area contributed by atoms with Crippen molar-refractivity contribution >= 4 is 32.6 Å². The third kappa shape index (κ3) is 3.78. The molecule has 142 valence electrons. The molecule has 0 aliphatic carbocycles. The lowest BCUT2D eigenvalue weighted by Crippen LogP contribution is -2.38. The summed E-state index contributed by atoms with van der Waals surface area (Å²) in [5.41, 5.74) is 0. The first-order chi connectivity index (χ1) is 12.9. The second-order valence-corrected chi connectivity index (χ2v) is 9.20. The predicted octanol–water partition coefficient (Wildman–Crippen LogP) is 3.64. The molecule has 2 aromatic heterocycles. The van der Waals surface area contributed by atoms with Crippen molar-refractivity contribution in [1.82, 2.24) is 14.4 Å². The molecular weight excluding hydrogens is 488 g/mol. The molecule has 0 bridgehead atoms. The zero-order valence-electron chi connectivity index (χ0n) is 14.0. The number of sulfonamides is 1. The van der Waals surface area contributed by atoms with Crippen molar-refractivity contribution in [2.75, 3.05) is 13.1 Å². The van der Waals surface area contributed by atoms with Gasteiger partial charge in [-0.05, 0) is 65.8 Å². The van der Waals surface area contributed by atoms with Gasteiger partial charge in [-0.3, -0.25) is 0 Å². The average molecular weight is 503 g/mol. The summed E-state index contributed by atoms with van der Waals surface area (Å²) in [5.74, 6) is 0.777. The van der Waals surface area contributed by atoms with Crippen molar-refractivity contribution in [2.24, 2.45) is 0 Å². The number of furan rings is 1. The highest BCUT2D eigenvalue weighted by atomic mass is 127. The lowest BCUT2D eigenvalue weighted by atomic mass is 9.98. The van der Waals surface area contributed by atoms with Gasteiger partial charge in [0.2, 0.25) is 21.7 Å². The largest absolute Gasteiger partial charge is 0.447 e. The number of piperidine rings is 1. The number of nitrogens with zero attached hydrogens (tertiary/aromatic N) is 3. The maximum Gasteiger partial charge on any atom is 0.243 e. The van der Waals surface area contributed by atoms with E-state index in [9.17, 15) is 12.8 Å². The van der Waals surface area contributed by atoms with Gasteiger partial charge in [-0.15, -0.1) is 0 Å². The molecule has 3 heterocycles. The summed E-state index contributed by atoms with van der Waals surface area (Å²) in [6.45, 7) is 0.611. The standard InChI is InChI=1S/C17H15FIN3O4S/c18-12-2-1-3-13(10-12)27(23,24)22-8-6-11(7-9-22)17-20-16(21-26-17)14-4-5-15(19)25-14/h1-5,10-11H,6-9H2. The fourth-order valence-corrected chi connectivity index (χ4v) is 4.97. The lowest BCUT2D eigenvalue weighted by Gasteiger charge is -2.29. The fraction of sp³-hybridized carbons (Fsp3) is 0.294. The average Bonchev–Trinajstić information content (AvgIpc) is 3.31. The van der Waals surface area contributed by atoms with E-state index in [-0.39, 0.29) is 10.8 Å². The van der Waals surface area contributed by atoms with Crippen LogP contribution in [0, 0.1) is 9.58 Å². The van der Waals surface area contributed by atoms with E-state index in [1.165, 1.54) is 22.5 Å². The monoisotopic (exact) mass is 503 g/mol. The van der Waals surface area contributed by atoms with E-state index in [4.69, 9.17) is 8.94 Å². The summed E-state index contributed by atoms with van der Waals surface area (Å²) < 4.78 is 51.6. The van der Waals surface area contributed by atoms with E-state index in [1.807, 2.05) is 6.07 Å². The molecule has 1 fully saturated rings. The molecule has 1 aliphatic heterocycles. The van der Waals surface area contributed by atoms with Gasteiger partial charge in [-0.2, -0.15) is 9.29 Å². The molecule has 0 N–H and O–H groups in total. The highest BCUT2D eigenvalue weighted by Gasteiger charge is 2.32. The third-order valence-electron chi connectivity index (χ3n) is 4.47. The van der Waals surface area contributed by atoms with Crippen molar-refractivity contribution in [2.45, 2.75) is 23.7 Å². The van der Waals surface area contributed by atoms with Gasteiger partial charge in [0.25, 0.3) is 0 Å². The van der Waals surface area contributed by atoms with E-state index >= 15 is 0 Å². The molecule has 0 unspecified atom stereocenters. The maximum atomic E-state index is 13.4. The normalized spacial score (nSPS) is 16.7. The van der Waals surface area contributed by atoms with Gasteiger partial charge in [-0.1, -0.05) is 11.2 Å². The Morgan fingerprint density at radius 1 is 1.19 bits per heavy atom. The van der Waals surface area contributed by atoms with E-state index in [2.05, 4.69) is 32.7 Å². The van der Waals surface area contributed by atoms with Crippen LogP contribution in [0.3, 0.4) is 0 Å². The van der Waals surface area contributed by atoms with Crippen LogP contribution in [0.5, 0.6) is 0 Å². The molecule has 0 atom stereocenters. The molecule has 3 aromatic rings. The summed E-state index contributed by atoms with van der Waals surface area (Å²) in [4.78, 5) is 4.35. The van der Waals surface area contributed by atoms with Crippen LogP contribution >= 0.6 is 22.6 Å². The minimum absolute atomic E-state index is 0.0285. The molecule has 0 spiro atoms. The van der Waals surface area contributed by atoms with Crippen molar-refractivity contribution in [3.8, 4) is 11.6 Å². The fourth-order valence-electron chi connectivity index (χ4n) is 3.06. The predicted molar refractivity (Wildman–Crippen MR) is 102 cm³/mol. The van der Waals surface area contributed by atoms with Crippen LogP contribution in [-0.2, 0) is 10.0 Å². The number of aromatic nitrogens is 2. The molecule has 0 saturated carbocycles. The van der Waals surface area contributed by atoms with Gasteiger partial charge in [0.15, 0.2) is 9.53 Å². The van der Waals surface area contributed by atoms with Crippen LogP contribution < -0.4 is 0 Å². The highest BCUT2D eigenvalue weighted by molar-refractivity contribution is 14.1. The highest BCUT2D eigenvalue weighted by Crippen LogP contribution is 2.31. The number of benzene rings is 1. The lowest BCUT2D eigenvalue weighted by molar-refractivity contribution is 0.270. The van der Waals surface area contributed by atoms with Gasteiger partial charge in [0, 0.05) is 19.0 Å². The Morgan fingerprint density at radius 3 is 2.63 bits per heavy atom. The first-order valence-electron chi connectivity index (χ1n) is 8.28. The van der Waals surface area contributed by atoms with Gasteiger partial charge >= 0.3 is 0 Å². The van der Waals surface area contributed by atoms with Crippen LogP contribution in [0.1, 0.15) is 24.7 Å². The molecule has 1 saturated heterocycles. The summed E-state index contributed by atoms with van der Waals surface area (Å²) in [7, 11) is -3.71. The van der Waals surface area contributed by atoms with Crippen molar-refractivity contribution < 1.29 is 21.7 Å². The molecule has 0 amide bonds. The maximum absolute atomic E-state index is 13.4. The molecule has 27 heavy (non-hydrogen) atoms. The molecule has 7 nitrogen and oxygen atoms in total. The topological polar surface area (TPSA) is 89.4 Å². The van der Waals surface area contributed by atoms with Gasteiger partial charge in [-0.25, -0.2) is 12.8 Å². The van der Waals surface area contributed by atoms with E-state index in [0.29, 0.717) is 43.4 Å². The number of hydrogen-bond acceptors (Lipinski definition) is 6. The van der Waals surface area contributed by atoms with Crippen molar-refractivity contribution in [3.05, 3.63) is 51.9 Å². The smallest absolute Gasteiger partial charge is 0.243 e. The number of rotatable bonds is 4. The number of hydrogen-bond donors (Lipinski definition) is 0.